The number of fused-ring (bicyclic) bond motifs is 1. The molecule has 2 heterocycles. The molecular formula is C23H22ClN3OS. The van der Waals surface area contributed by atoms with Gasteiger partial charge in [0.25, 0.3) is 5.56 Å². The molecule has 2 N–H and O–H groups in total. The zero-order valence-corrected chi connectivity index (χ0v) is 17.8. The van der Waals surface area contributed by atoms with Crippen molar-refractivity contribution in [1.29, 1.82) is 0 Å². The predicted molar refractivity (Wildman–Crippen MR) is 122 cm³/mol. The van der Waals surface area contributed by atoms with Crippen LogP contribution in [-0.2, 0) is 6.54 Å². The number of aromatic amines is 1. The van der Waals surface area contributed by atoms with Crippen LogP contribution in [0.25, 0.3) is 21.3 Å². The monoisotopic (exact) mass is 423 g/mol. The molecule has 148 valence electrons. The molecule has 6 heteroatoms. The highest BCUT2D eigenvalue weighted by Crippen LogP contribution is 2.30. The predicted octanol–water partition coefficient (Wildman–Crippen LogP) is 5.79. The van der Waals surface area contributed by atoms with Crippen molar-refractivity contribution >= 4 is 33.2 Å². The Morgan fingerprint density at radius 3 is 2.52 bits per heavy atom. The lowest BCUT2D eigenvalue weighted by molar-refractivity contribution is 0.406. The summed E-state index contributed by atoms with van der Waals surface area (Å²) in [4.78, 5) is 21.2. The molecule has 0 bridgehead atoms. The molecule has 0 amide bonds. The smallest absolute Gasteiger partial charge is 0.260 e. The topological polar surface area (TPSA) is 57.8 Å². The molecule has 1 atom stereocenters. The van der Waals surface area contributed by atoms with Crippen LogP contribution in [0.4, 0.5) is 0 Å². The van der Waals surface area contributed by atoms with E-state index in [2.05, 4.69) is 24.1 Å². The first kappa shape index (κ1) is 19.8. The SMILES string of the molecule is CC(C)C(NCc1nc2scc(-c3ccccc3)c2c(=O)[nH]1)c1ccc(Cl)cc1. The summed E-state index contributed by atoms with van der Waals surface area (Å²) in [6, 6.07) is 17.9. The second kappa shape index (κ2) is 8.49. The number of nitrogens with one attached hydrogen (secondary N) is 2. The highest BCUT2D eigenvalue weighted by atomic mass is 35.5. The zero-order valence-electron chi connectivity index (χ0n) is 16.3. The van der Waals surface area contributed by atoms with E-state index < -0.39 is 0 Å². The van der Waals surface area contributed by atoms with Crippen molar-refractivity contribution in [2.24, 2.45) is 5.92 Å². The third-order valence-electron chi connectivity index (χ3n) is 4.96. The normalized spacial score (nSPS) is 12.6. The number of H-pyrrole nitrogens is 1. The first-order chi connectivity index (χ1) is 14.0. The van der Waals surface area contributed by atoms with Crippen molar-refractivity contribution in [2.75, 3.05) is 0 Å². The van der Waals surface area contributed by atoms with Gasteiger partial charge in [-0.05, 0) is 29.2 Å². The van der Waals surface area contributed by atoms with Gasteiger partial charge >= 0.3 is 0 Å². The number of hydrogen-bond acceptors (Lipinski definition) is 4. The lowest BCUT2D eigenvalue weighted by atomic mass is 9.96. The van der Waals surface area contributed by atoms with E-state index in [0.717, 1.165) is 26.5 Å². The van der Waals surface area contributed by atoms with Crippen molar-refractivity contribution in [3.63, 3.8) is 0 Å². The van der Waals surface area contributed by atoms with Crippen LogP contribution in [0.1, 0.15) is 31.3 Å². The Hall–Kier alpha value is -2.47. The maximum atomic E-state index is 12.8. The lowest BCUT2D eigenvalue weighted by Crippen LogP contribution is -2.27. The molecule has 2 aromatic heterocycles. The third kappa shape index (κ3) is 4.27. The minimum atomic E-state index is -0.0977. The van der Waals surface area contributed by atoms with Gasteiger partial charge in [0.15, 0.2) is 0 Å². The summed E-state index contributed by atoms with van der Waals surface area (Å²) in [7, 11) is 0. The summed E-state index contributed by atoms with van der Waals surface area (Å²) >= 11 is 7.52. The third-order valence-corrected chi connectivity index (χ3v) is 6.09. The number of nitrogens with zero attached hydrogens (tertiary/aromatic N) is 1. The van der Waals surface area contributed by atoms with Crippen molar-refractivity contribution in [3.05, 3.63) is 86.7 Å². The van der Waals surface area contributed by atoms with Gasteiger partial charge < -0.3 is 10.3 Å². The van der Waals surface area contributed by atoms with Gasteiger partial charge in [0, 0.05) is 22.0 Å². The Bertz CT molecular complexity index is 1170. The fraction of sp³-hybridized carbons (Fsp3) is 0.217. The van der Waals surface area contributed by atoms with Crippen LogP contribution in [0.3, 0.4) is 0 Å². The molecule has 0 aliphatic rings. The molecule has 0 saturated heterocycles. The number of benzene rings is 2. The maximum Gasteiger partial charge on any atom is 0.260 e. The van der Waals surface area contributed by atoms with Gasteiger partial charge in [-0.3, -0.25) is 4.79 Å². The first-order valence-corrected chi connectivity index (χ1v) is 10.8. The minimum absolute atomic E-state index is 0.0977. The summed E-state index contributed by atoms with van der Waals surface area (Å²) in [5.41, 5.74) is 3.02. The Morgan fingerprint density at radius 2 is 1.83 bits per heavy atom. The molecule has 1 unspecified atom stereocenters. The summed E-state index contributed by atoms with van der Waals surface area (Å²) in [6.07, 6.45) is 0. The number of hydrogen-bond donors (Lipinski definition) is 2. The van der Waals surface area contributed by atoms with E-state index >= 15 is 0 Å². The maximum absolute atomic E-state index is 12.8. The van der Waals surface area contributed by atoms with Gasteiger partial charge in [-0.2, -0.15) is 0 Å². The first-order valence-electron chi connectivity index (χ1n) is 9.57. The van der Waals surface area contributed by atoms with Crippen LogP contribution in [0.2, 0.25) is 5.02 Å². The molecular weight excluding hydrogens is 402 g/mol. The van der Waals surface area contributed by atoms with Gasteiger partial charge in [0.05, 0.1) is 11.9 Å². The van der Waals surface area contributed by atoms with Gasteiger partial charge in [0.2, 0.25) is 0 Å². The Kier molecular flexibility index (Phi) is 5.81. The average Bonchev–Trinajstić information content (AvgIpc) is 3.14. The minimum Gasteiger partial charge on any atom is -0.309 e. The summed E-state index contributed by atoms with van der Waals surface area (Å²) < 4.78 is 0. The molecule has 0 spiro atoms. The molecule has 4 nitrogen and oxygen atoms in total. The van der Waals surface area contributed by atoms with Crippen molar-refractivity contribution in [3.8, 4) is 11.1 Å². The number of aromatic nitrogens is 2. The number of rotatable bonds is 6. The molecule has 0 radical (unpaired) electrons. The Balaban J connectivity index is 1.60. The lowest BCUT2D eigenvalue weighted by Gasteiger charge is -2.23. The zero-order chi connectivity index (χ0) is 20.4. The van der Waals surface area contributed by atoms with Crippen molar-refractivity contribution in [2.45, 2.75) is 26.4 Å². The van der Waals surface area contributed by atoms with Crippen LogP contribution in [-0.4, -0.2) is 9.97 Å². The van der Waals surface area contributed by atoms with Gasteiger partial charge in [-0.1, -0.05) is 67.9 Å². The van der Waals surface area contributed by atoms with E-state index in [1.807, 2.05) is 60.0 Å². The second-order valence-corrected chi connectivity index (χ2v) is 8.66. The van der Waals surface area contributed by atoms with Crippen LogP contribution in [0.5, 0.6) is 0 Å². The number of halogens is 1. The standard InChI is InChI=1S/C23H22ClN3OS/c1-14(2)21(16-8-10-17(24)11-9-16)25-12-19-26-22(28)20-18(13-29-23(20)27-19)15-6-4-3-5-7-15/h3-11,13-14,21,25H,12H2,1-2H3,(H,26,27,28). The molecule has 0 aliphatic heterocycles. The molecule has 2 aromatic carbocycles. The fourth-order valence-corrected chi connectivity index (χ4v) is 4.62. The molecule has 0 aliphatic carbocycles. The van der Waals surface area contributed by atoms with Crippen molar-refractivity contribution < 1.29 is 0 Å². The Labute approximate surface area is 178 Å². The van der Waals surface area contributed by atoms with Crippen LogP contribution >= 0.6 is 22.9 Å². The van der Waals surface area contributed by atoms with Gasteiger partial charge in [-0.25, -0.2) is 4.98 Å². The van der Waals surface area contributed by atoms with E-state index in [1.54, 1.807) is 0 Å². The van der Waals surface area contributed by atoms with Crippen molar-refractivity contribution in [1.82, 2.24) is 15.3 Å². The Morgan fingerprint density at radius 1 is 1.10 bits per heavy atom. The molecule has 0 fully saturated rings. The van der Waals surface area contributed by atoms with E-state index in [-0.39, 0.29) is 11.6 Å². The second-order valence-electron chi connectivity index (χ2n) is 7.36. The van der Waals surface area contributed by atoms with E-state index in [9.17, 15) is 4.79 Å². The largest absolute Gasteiger partial charge is 0.309 e. The van der Waals surface area contributed by atoms with E-state index in [1.165, 1.54) is 11.3 Å². The van der Waals surface area contributed by atoms with Gasteiger partial charge in [-0.15, -0.1) is 11.3 Å². The summed E-state index contributed by atoms with van der Waals surface area (Å²) in [6.45, 7) is 4.81. The van der Waals surface area contributed by atoms with E-state index in [4.69, 9.17) is 16.6 Å². The number of thiophene rings is 1. The quantitative estimate of drug-likeness (QED) is 0.412. The highest BCUT2D eigenvalue weighted by molar-refractivity contribution is 7.17. The van der Waals surface area contributed by atoms with Crippen LogP contribution in [0, 0.1) is 5.92 Å². The molecule has 4 aromatic rings. The molecule has 29 heavy (non-hydrogen) atoms. The molecule has 4 rings (SSSR count). The fourth-order valence-electron chi connectivity index (χ4n) is 3.52. The summed E-state index contributed by atoms with van der Waals surface area (Å²) in [5, 5.41) is 6.91. The van der Waals surface area contributed by atoms with Gasteiger partial charge in [0.1, 0.15) is 10.7 Å². The highest BCUT2D eigenvalue weighted by Gasteiger charge is 2.17. The van der Waals surface area contributed by atoms with E-state index in [0.29, 0.717) is 23.7 Å². The average molecular weight is 424 g/mol. The molecule has 0 saturated carbocycles. The van der Waals surface area contributed by atoms with Crippen LogP contribution < -0.4 is 10.9 Å². The summed E-state index contributed by atoms with van der Waals surface area (Å²) in [5.74, 6) is 1.02. The van der Waals surface area contributed by atoms with Crippen LogP contribution in [0.15, 0.2) is 64.8 Å².